The van der Waals surface area contributed by atoms with Crippen molar-refractivity contribution in [2.45, 2.75) is 17.1 Å². The van der Waals surface area contributed by atoms with Gasteiger partial charge in [-0.05, 0) is 12.0 Å². The van der Waals surface area contributed by atoms with Crippen LogP contribution in [0.25, 0.3) is 0 Å². The van der Waals surface area contributed by atoms with Gasteiger partial charge in [0.1, 0.15) is 10.6 Å². The number of nitrogens with zero attached hydrogens (tertiary/aromatic N) is 1. The minimum Gasteiger partial charge on any atom is -0.365 e. The average Bonchev–Trinajstić information content (AvgIpc) is 2.16. The number of thioether (sulfide) groups is 2. The summed E-state index contributed by atoms with van der Waals surface area (Å²) >= 11 is 2.64. The molecule has 0 unspecified atom stereocenters. The largest absolute Gasteiger partial charge is 0.365 e. The Balaban J connectivity index is 3.31. The lowest BCUT2D eigenvalue weighted by atomic mass is 10.3. The smallest absolute Gasteiger partial charge is 0.265 e. The van der Waals surface area contributed by atoms with Crippen LogP contribution < -0.4 is 11.3 Å². The van der Waals surface area contributed by atoms with E-state index in [2.05, 4.69) is 9.97 Å². The second-order valence-electron chi connectivity index (χ2n) is 2.55. The number of aromatic nitrogens is 2. The van der Waals surface area contributed by atoms with Gasteiger partial charge in [0.05, 0.1) is 0 Å². The van der Waals surface area contributed by atoms with Crippen molar-refractivity contribution in [3.8, 4) is 0 Å². The summed E-state index contributed by atoms with van der Waals surface area (Å²) in [7, 11) is 0. The van der Waals surface area contributed by atoms with Gasteiger partial charge in [-0.1, -0.05) is 18.7 Å². The Hall–Kier alpha value is -0.950. The molecular weight excluding hydrogens is 234 g/mol. The van der Waals surface area contributed by atoms with Gasteiger partial charge in [-0.2, -0.15) is 0 Å². The topological polar surface area (TPSA) is 88.8 Å². The van der Waals surface area contributed by atoms with Gasteiger partial charge < -0.3 is 10.7 Å². The molecule has 0 saturated carbocycles. The number of carbonyl (C=O) groups excluding carboxylic acids is 1. The highest BCUT2D eigenvalue weighted by atomic mass is 32.2. The number of rotatable bonds is 4. The molecule has 7 heteroatoms. The van der Waals surface area contributed by atoms with E-state index in [1.54, 1.807) is 6.26 Å². The zero-order valence-corrected chi connectivity index (χ0v) is 10.00. The summed E-state index contributed by atoms with van der Waals surface area (Å²) in [6.07, 6.45) is 1.74. The van der Waals surface area contributed by atoms with Gasteiger partial charge in [-0.3, -0.25) is 9.59 Å². The predicted molar refractivity (Wildman–Crippen MR) is 61.6 cm³/mol. The number of hydrogen-bond donors (Lipinski definition) is 2. The Morgan fingerprint density at radius 1 is 1.60 bits per heavy atom. The molecule has 0 saturated heterocycles. The zero-order valence-electron chi connectivity index (χ0n) is 8.36. The first kappa shape index (κ1) is 12.1. The standard InChI is InChI=1S/C8H11N3O2S2/c1-3-15-8-10-6(13)4(5(9)12)7(11-8)14-2/h3H2,1-2H3,(H2,9,12)(H,10,11,13). The van der Waals surface area contributed by atoms with Crippen LogP contribution in [0.2, 0.25) is 0 Å². The molecule has 82 valence electrons. The van der Waals surface area contributed by atoms with Crippen LogP contribution in [0.15, 0.2) is 15.0 Å². The van der Waals surface area contributed by atoms with Gasteiger partial charge in [0.25, 0.3) is 11.5 Å². The van der Waals surface area contributed by atoms with Crippen LogP contribution in [0.4, 0.5) is 0 Å². The maximum Gasteiger partial charge on any atom is 0.265 e. The van der Waals surface area contributed by atoms with Crippen molar-refractivity contribution < 1.29 is 4.79 Å². The molecule has 0 fully saturated rings. The van der Waals surface area contributed by atoms with Crippen LogP contribution in [-0.2, 0) is 0 Å². The number of aromatic amines is 1. The molecule has 3 N–H and O–H groups in total. The molecule has 15 heavy (non-hydrogen) atoms. The van der Waals surface area contributed by atoms with E-state index in [4.69, 9.17) is 5.73 Å². The fourth-order valence-electron chi connectivity index (χ4n) is 1.00. The third kappa shape index (κ3) is 2.75. The minimum absolute atomic E-state index is 0.0667. The number of nitrogens with one attached hydrogen (secondary N) is 1. The summed E-state index contributed by atoms with van der Waals surface area (Å²) in [6, 6.07) is 0. The molecule has 1 rings (SSSR count). The van der Waals surface area contributed by atoms with Crippen LogP contribution in [-0.4, -0.2) is 27.9 Å². The Morgan fingerprint density at radius 2 is 2.27 bits per heavy atom. The average molecular weight is 245 g/mol. The highest BCUT2D eigenvalue weighted by molar-refractivity contribution is 7.99. The van der Waals surface area contributed by atoms with E-state index >= 15 is 0 Å². The van der Waals surface area contributed by atoms with E-state index in [1.165, 1.54) is 23.5 Å². The van der Waals surface area contributed by atoms with Gasteiger partial charge >= 0.3 is 0 Å². The molecule has 1 aromatic heterocycles. The lowest BCUT2D eigenvalue weighted by molar-refractivity contribution is 0.0995. The van der Waals surface area contributed by atoms with Crippen LogP contribution in [0, 0.1) is 0 Å². The second kappa shape index (κ2) is 5.22. The molecule has 0 aromatic carbocycles. The van der Waals surface area contributed by atoms with Crippen molar-refractivity contribution in [3.63, 3.8) is 0 Å². The summed E-state index contributed by atoms with van der Waals surface area (Å²) in [5.41, 5.74) is 4.55. The van der Waals surface area contributed by atoms with Crippen molar-refractivity contribution in [2.24, 2.45) is 5.73 Å². The van der Waals surface area contributed by atoms with Gasteiger partial charge in [0.2, 0.25) is 0 Å². The molecule has 5 nitrogen and oxygen atoms in total. The maximum absolute atomic E-state index is 11.5. The van der Waals surface area contributed by atoms with Crippen LogP contribution in [0.5, 0.6) is 0 Å². The molecule has 0 spiro atoms. The van der Waals surface area contributed by atoms with E-state index in [0.29, 0.717) is 10.2 Å². The van der Waals surface area contributed by atoms with Gasteiger partial charge in [0, 0.05) is 0 Å². The van der Waals surface area contributed by atoms with Crippen molar-refractivity contribution >= 4 is 29.4 Å². The molecule has 1 amide bonds. The van der Waals surface area contributed by atoms with E-state index < -0.39 is 11.5 Å². The summed E-state index contributed by atoms with van der Waals surface area (Å²) in [5, 5.41) is 0.888. The first-order chi connectivity index (χ1) is 7.10. The Morgan fingerprint density at radius 3 is 2.73 bits per heavy atom. The van der Waals surface area contributed by atoms with Gasteiger partial charge in [-0.25, -0.2) is 4.98 Å². The number of nitrogens with two attached hydrogens (primary N) is 1. The van der Waals surface area contributed by atoms with Crippen molar-refractivity contribution in [1.82, 2.24) is 9.97 Å². The third-order valence-electron chi connectivity index (χ3n) is 1.59. The fraction of sp³-hybridized carbons (Fsp3) is 0.375. The summed E-state index contributed by atoms with van der Waals surface area (Å²) in [4.78, 5) is 29.2. The Kier molecular flexibility index (Phi) is 4.22. The Labute approximate surface area is 95.2 Å². The minimum atomic E-state index is -0.749. The number of carbonyl (C=O) groups is 1. The molecular formula is C8H11N3O2S2. The van der Waals surface area contributed by atoms with Gasteiger partial charge in [-0.15, -0.1) is 11.8 Å². The number of amides is 1. The van der Waals surface area contributed by atoms with Crippen molar-refractivity contribution in [3.05, 3.63) is 15.9 Å². The summed E-state index contributed by atoms with van der Waals surface area (Å²) in [5.74, 6) is 0.0494. The Bertz CT molecular complexity index is 430. The maximum atomic E-state index is 11.5. The third-order valence-corrected chi connectivity index (χ3v) is 3.02. The molecule has 0 atom stereocenters. The highest BCUT2D eigenvalue weighted by Crippen LogP contribution is 2.18. The molecule has 0 aliphatic rings. The quantitative estimate of drug-likeness (QED) is 0.463. The summed E-state index contributed by atoms with van der Waals surface area (Å²) < 4.78 is 0. The first-order valence-corrected chi connectivity index (χ1v) is 6.42. The number of primary amides is 1. The molecule has 0 bridgehead atoms. The predicted octanol–water partition coefficient (Wildman–Crippen LogP) is 0.703. The SMILES string of the molecule is CCSc1nc(SC)c(C(N)=O)c(=O)[nH]1. The monoisotopic (exact) mass is 245 g/mol. The van der Waals surface area contributed by atoms with E-state index in [0.717, 1.165) is 5.75 Å². The molecule has 1 heterocycles. The second-order valence-corrected chi connectivity index (χ2v) is 4.60. The van der Waals surface area contributed by atoms with Crippen molar-refractivity contribution in [2.75, 3.05) is 12.0 Å². The van der Waals surface area contributed by atoms with Crippen LogP contribution in [0.1, 0.15) is 17.3 Å². The lowest BCUT2D eigenvalue weighted by Gasteiger charge is -2.04. The zero-order chi connectivity index (χ0) is 11.4. The van der Waals surface area contributed by atoms with Crippen LogP contribution >= 0.6 is 23.5 Å². The van der Waals surface area contributed by atoms with Gasteiger partial charge in [0.15, 0.2) is 5.16 Å². The van der Waals surface area contributed by atoms with E-state index in [9.17, 15) is 9.59 Å². The molecule has 0 aliphatic carbocycles. The molecule has 0 radical (unpaired) electrons. The lowest BCUT2D eigenvalue weighted by Crippen LogP contribution is -2.26. The fourth-order valence-corrected chi connectivity index (χ4v) is 2.23. The van der Waals surface area contributed by atoms with Crippen LogP contribution in [0.3, 0.4) is 0 Å². The van der Waals surface area contributed by atoms with E-state index in [1.807, 2.05) is 6.92 Å². The van der Waals surface area contributed by atoms with Crippen molar-refractivity contribution in [1.29, 1.82) is 0 Å². The molecule has 1 aromatic rings. The number of hydrogen-bond acceptors (Lipinski definition) is 5. The molecule has 0 aliphatic heterocycles. The first-order valence-electron chi connectivity index (χ1n) is 4.21. The number of H-pyrrole nitrogens is 1. The highest BCUT2D eigenvalue weighted by Gasteiger charge is 2.15. The van der Waals surface area contributed by atoms with E-state index in [-0.39, 0.29) is 5.56 Å². The normalized spacial score (nSPS) is 10.3. The summed E-state index contributed by atoms with van der Waals surface area (Å²) in [6.45, 7) is 1.95.